The third-order valence-corrected chi connectivity index (χ3v) is 10.9. The van der Waals surface area contributed by atoms with Gasteiger partial charge < -0.3 is 9.84 Å². The summed E-state index contributed by atoms with van der Waals surface area (Å²) in [6.07, 6.45) is 13.6. The van der Waals surface area contributed by atoms with E-state index in [4.69, 9.17) is 4.74 Å². The first-order valence-corrected chi connectivity index (χ1v) is 13.8. The van der Waals surface area contributed by atoms with Crippen LogP contribution in [0.4, 0.5) is 0 Å². The number of rotatable bonds is 7. The van der Waals surface area contributed by atoms with Crippen LogP contribution in [0.1, 0.15) is 84.1 Å². The lowest BCUT2D eigenvalue weighted by Gasteiger charge is -2.62. The molecular weight excluding hydrogens is 440 g/mol. The highest BCUT2D eigenvalue weighted by Gasteiger charge is 2.63. The zero-order valence-corrected chi connectivity index (χ0v) is 22.1. The molecule has 0 amide bonds. The van der Waals surface area contributed by atoms with Crippen molar-refractivity contribution in [2.75, 3.05) is 13.7 Å². The Labute approximate surface area is 210 Å². The van der Waals surface area contributed by atoms with Crippen molar-refractivity contribution in [3.63, 3.8) is 0 Å². The average Bonchev–Trinajstić information content (AvgIpc) is 3.36. The van der Waals surface area contributed by atoms with Gasteiger partial charge in [0.15, 0.2) is 5.78 Å². The molecule has 8 atom stereocenters. The minimum absolute atomic E-state index is 0.0644. The number of carbonyl (C=O) groups is 2. The summed E-state index contributed by atoms with van der Waals surface area (Å²) < 4.78 is 7.61. The van der Waals surface area contributed by atoms with Crippen LogP contribution < -0.4 is 0 Å². The normalized spacial score (nSPS) is 42.7. The van der Waals surface area contributed by atoms with E-state index in [1.165, 1.54) is 19.3 Å². The van der Waals surface area contributed by atoms with Gasteiger partial charge in [0.05, 0.1) is 24.9 Å². The van der Waals surface area contributed by atoms with Crippen molar-refractivity contribution >= 4 is 11.6 Å². The first kappa shape index (κ1) is 25.1. The molecule has 0 spiro atoms. The van der Waals surface area contributed by atoms with Crippen LogP contribution in [-0.2, 0) is 27.3 Å². The van der Waals surface area contributed by atoms with E-state index < -0.39 is 5.60 Å². The smallest absolute Gasteiger partial charge is 0.157 e. The molecule has 0 aromatic carbocycles. The Morgan fingerprint density at radius 1 is 1.11 bits per heavy atom. The maximum Gasteiger partial charge on any atom is 0.157 e. The molecule has 0 unspecified atom stereocenters. The largest absolute Gasteiger partial charge is 0.390 e. The Bertz CT molecular complexity index is 970. The van der Waals surface area contributed by atoms with E-state index in [2.05, 4.69) is 12.0 Å². The molecule has 194 valence electrons. The molecule has 1 N–H and O–H groups in total. The van der Waals surface area contributed by atoms with Gasteiger partial charge in [-0.15, -0.1) is 0 Å². The van der Waals surface area contributed by atoms with E-state index in [0.717, 1.165) is 50.7 Å². The van der Waals surface area contributed by atoms with Gasteiger partial charge in [-0.3, -0.25) is 14.3 Å². The van der Waals surface area contributed by atoms with Crippen LogP contribution in [0.5, 0.6) is 0 Å². The predicted octanol–water partition coefficient (Wildman–Crippen LogP) is 4.62. The number of ether oxygens (including phenoxy) is 1. The molecule has 4 fully saturated rings. The fourth-order valence-corrected chi connectivity index (χ4v) is 9.45. The quantitative estimate of drug-likeness (QED) is 0.611. The number of aliphatic hydroxyl groups is 1. The van der Waals surface area contributed by atoms with Gasteiger partial charge in [0, 0.05) is 25.6 Å². The zero-order valence-electron chi connectivity index (χ0n) is 22.1. The van der Waals surface area contributed by atoms with Crippen molar-refractivity contribution in [2.45, 2.75) is 97.1 Å². The molecule has 0 aliphatic heterocycles. The number of aromatic nitrogens is 2. The van der Waals surface area contributed by atoms with Crippen LogP contribution >= 0.6 is 0 Å². The van der Waals surface area contributed by atoms with E-state index >= 15 is 0 Å². The molecule has 35 heavy (non-hydrogen) atoms. The maximum atomic E-state index is 13.6. The molecule has 6 nitrogen and oxygen atoms in total. The molecule has 0 radical (unpaired) electrons. The summed E-state index contributed by atoms with van der Waals surface area (Å²) in [6.45, 7) is 7.11. The number of Topliss-reactive ketones (excluding diaryl/α,β-unsaturated/α-hetero) is 2. The van der Waals surface area contributed by atoms with Gasteiger partial charge in [0.25, 0.3) is 0 Å². The Kier molecular flexibility index (Phi) is 6.53. The topological polar surface area (TPSA) is 81.4 Å². The summed E-state index contributed by atoms with van der Waals surface area (Å²) in [4.78, 5) is 25.0. The minimum Gasteiger partial charge on any atom is -0.390 e. The van der Waals surface area contributed by atoms with Gasteiger partial charge in [0.1, 0.15) is 5.78 Å². The van der Waals surface area contributed by atoms with Crippen LogP contribution in [-0.4, -0.2) is 45.8 Å². The van der Waals surface area contributed by atoms with Crippen LogP contribution in [0.3, 0.4) is 0 Å². The second-order valence-electron chi connectivity index (χ2n) is 13.1. The van der Waals surface area contributed by atoms with Crippen LogP contribution in [0.2, 0.25) is 0 Å². The molecule has 1 aromatic rings. The van der Waals surface area contributed by atoms with Crippen LogP contribution in [0.25, 0.3) is 0 Å². The Morgan fingerprint density at radius 2 is 1.91 bits per heavy atom. The Morgan fingerprint density at radius 3 is 2.66 bits per heavy atom. The fourth-order valence-electron chi connectivity index (χ4n) is 9.45. The van der Waals surface area contributed by atoms with Crippen molar-refractivity contribution in [1.29, 1.82) is 0 Å². The maximum absolute atomic E-state index is 13.6. The number of ketones is 2. The van der Waals surface area contributed by atoms with E-state index in [0.29, 0.717) is 42.4 Å². The van der Waals surface area contributed by atoms with Crippen molar-refractivity contribution in [3.05, 3.63) is 18.0 Å². The highest BCUT2D eigenvalue weighted by Crippen LogP contribution is 2.68. The SMILES string of the molecule is COC[C@]12CC[C@@](C)(O)C[C@@H]1CC[C@H]1[C@@H]3CC[C@H](C(=O)Cn4cc(CC(C)=O)cn4)[C@@]3(C)CC[C@@H]12. The number of hydrogen-bond donors (Lipinski definition) is 1. The molecule has 1 aromatic heterocycles. The van der Waals surface area contributed by atoms with Gasteiger partial charge in [0.2, 0.25) is 0 Å². The van der Waals surface area contributed by atoms with Gasteiger partial charge in [-0.25, -0.2) is 0 Å². The second-order valence-corrected chi connectivity index (χ2v) is 13.1. The molecule has 1 heterocycles. The standard InChI is InChI=1S/C29H44N2O4/c1-19(32)13-20-15-30-31(16-20)17-26(33)25-8-7-23-22-6-5-21-14-27(2,34)11-12-29(21,18-35-4)24(22)9-10-28(23,25)3/h15-16,21-25,34H,5-14,17-18H2,1-4H3/t21-,22-,23-,24-,25+,27+,28-,29+/m0/s1. The minimum atomic E-state index is -0.542. The highest BCUT2D eigenvalue weighted by molar-refractivity contribution is 5.82. The number of hydrogen-bond acceptors (Lipinski definition) is 5. The van der Waals surface area contributed by atoms with E-state index in [9.17, 15) is 14.7 Å². The Hall–Kier alpha value is -1.53. The van der Waals surface area contributed by atoms with E-state index in [-0.39, 0.29) is 22.5 Å². The third-order valence-electron chi connectivity index (χ3n) is 10.9. The molecule has 4 aliphatic rings. The van der Waals surface area contributed by atoms with Crippen LogP contribution in [0.15, 0.2) is 12.4 Å². The lowest BCUT2D eigenvalue weighted by molar-refractivity contribution is -0.175. The van der Waals surface area contributed by atoms with Crippen molar-refractivity contribution < 1.29 is 19.4 Å². The average molecular weight is 485 g/mol. The molecule has 0 bridgehead atoms. The zero-order chi connectivity index (χ0) is 25.0. The van der Waals surface area contributed by atoms with Crippen molar-refractivity contribution in [1.82, 2.24) is 9.78 Å². The number of carbonyl (C=O) groups excluding carboxylic acids is 2. The lowest BCUT2D eigenvalue weighted by Crippen LogP contribution is -2.58. The number of nitrogens with zero attached hydrogens (tertiary/aromatic N) is 2. The molecule has 6 heteroatoms. The highest BCUT2D eigenvalue weighted by atomic mass is 16.5. The van der Waals surface area contributed by atoms with Gasteiger partial charge >= 0.3 is 0 Å². The van der Waals surface area contributed by atoms with E-state index in [1.54, 1.807) is 17.8 Å². The first-order valence-electron chi connectivity index (χ1n) is 13.8. The monoisotopic (exact) mass is 484 g/mol. The second kappa shape index (κ2) is 9.09. The molecule has 4 aliphatic carbocycles. The third kappa shape index (κ3) is 4.33. The number of fused-ring (bicyclic) bond motifs is 5. The summed E-state index contributed by atoms with van der Waals surface area (Å²) >= 11 is 0. The van der Waals surface area contributed by atoms with E-state index in [1.807, 2.05) is 20.2 Å². The molecular formula is C29H44N2O4. The van der Waals surface area contributed by atoms with Crippen molar-refractivity contribution in [3.8, 4) is 0 Å². The van der Waals surface area contributed by atoms with Gasteiger partial charge in [-0.05, 0) is 112 Å². The molecule has 4 saturated carbocycles. The summed E-state index contributed by atoms with van der Waals surface area (Å²) in [6, 6.07) is 0. The molecule has 5 rings (SSSR count). The summed E-state index contributed by atoms with van der Waals surface area (Å²) in [5, 5.41) is 15.2. The van der Waals surface area contributed by atoms with Gasteiger partial charge in [-0.1, -0.05) is 6.92 Å². The summed E-state index contributed by atoms with van der Waals surface area (Å²) in [5.41, 5.74) is 0.591. The van der Waals surface area contributed by atoms with Crippen LogP contribution in [0, 0.1) is 40.4 Å². The van der Waals surface area contributed by atoms with Crippen molar-refractivity contribution in [2.24, 2.45) is 40.4 Å². The lowest BCUT2D eigenvalue weighted by atomic mass is 9.43. The fraction of sp³-hybridized carbons (Fsp3) is 0.828. The predicted molar refractivity (Wildman–Crippen MR) is 134 cm³/mol. The first-order chi connectivity index (χ1) is 16.6. The molecule has 0 saturated heterocycles. The Balaban J connectivity index is 1.33. The number of methoxy groups -OCH3 is 1. The summed E-state index contributed by atoms with van der Waals surface area (Å²) in [7, 11) is 1.84. The summed E-state index contributed by atoms with van der Waals surface area (Å²) in [5.74, 6) is 2.95. The van der Waals surface area contributed by atoms with Gasteiger partial charge in [-0.2, -0.15) is 5.10 Å².